The standard InChI is InChI=1S/C12H21BrN2O2/c1-4-6-16-7-8-17-9-11-12(13)10(3)14-15(11)5-2/h4-9H2,1-3H3. The highest BCUT2D eigenvalue weighted by Crippen LogP contribution is 2.21. The van der Waals surface area contributed by atoms with Crippen molar-refractivity contribution in [1.29, 1.82) is 0 Å². The molecule has 0 aromatic carbocycles. The van der Waals surface area contributed by atoms with Crippen molar-refractivity contribution in [1.82, 2.24) is 9.78 Å². The first kappa shape index (κ1) is 14.7. The molecule has 0 aliphatic carbocycles. The predicted octanol–water partition coefficient (Wildman–Crippen LogP) is 2.92. The van der Waals surface area contributed by atoms with Crippen LogP contribution in [0.5, 0.6) is 0 Å². The third-order valence-electron chi connectivity index (χ3n) is 2.41. The summed E-state index contributed by atoms with van der Waals surface area (Å²) < 4.78 is 14.0. The third-order valence-corrected chi connectivity index (χ3v) is 3.44. The summed E-state index contributed by atoms with van der Waals surface area (Å²) in [5.74, 6) is 0. The summed E-state index contributed by atoms with van der Waals surface area (Å²) >= 11 is 3.54. The second kappa shape index (κ2) is 7.84. The number of hydrogen-bond donors (Lipinski definition) is 0. The lowest BCUT2D eigenvalue weighted by Gasteiger charge is -2.07. The molecule has 17 heavy (non-hydrogen) atoms. The van der Waals surface area contributed by atoms with Crippen LogP contribution in [-0.2, 0) is 22.6 Å². The van der Waals surface area contributed by atoms with Crippen molar-refractivity contribution in [3.63, 3.8) is 0 Å². The Balaban J connectivity index is 2.35. The van der Waals surface area contributed by atoms with Gasteiger partial charge < -0.3 is 9.47 Å². The lowest BCUT2D eigenvalue weighted by atomic mass is 10.4. The summed E-state index contributed by atoms with van der Waals surface area (Å²) in [4.78, 5) is 0. The average Bonchev–Trinajstić information content (AvgIpc) is 2.60. The topological polar surface area (TPSA) is 36.3 Å². The van der Waals surface area contributed by atoms with Gasteiger partial charge in [0, 0.05) is 13.2 Å². The van der Waals surface area contributed by atoms with Gasteiger partial charge in [-0.15, -0.1) is 0 Å². The van der Waals surface area contributed by atoms with Crippen molar-refractivity contribution in [3.8, 4) is 0 Å². The SMILES string of the molecule is CCCOCCOCc1c(Br)c(C)nn1CC. The molecule has 0 N–H and O–H groups in total. The van der Waals surface area contributed by atoms with Crippen molar-refractivity contribution in [2.24, 2.45) is 0 Å². The van der Waals surface area contributed by atoms with Crippen LogP contribution in [0.3, 0.4) is 0 Å². The van der Waals surface area contributed by atoms with Crippen molar-refractivity contribution in [2.45, 2.75) is 40.3 Å². The molecule has 5 heteroatoms. The molecule has 4 nitrogen and oxygen atoms in total. The molecular formula is C12H21BrN2O2. The largest absolute Gasteiger partial charge is 0.379 e. The molecule has 0 spiro atoms. The number of halogens is 1. The molecule has 1 aromatic heterocycles. The van der Waals surface area contributed by atoms with Crippen LogP contribution in [0.25, 0.3) is 0 Å². The zero-order valence-corrected chi connectivity index (χ0v) is 12.4. The second-order valence-electron chi connectivity index (χ2n) is 3.83. The van der Waals surface area contributed by atoms with E-state index < -0.39 is 0 Å². The fraction of sp³-hybridized carbons (Fsp3) is 0.750. The van der Waals surface area contributed by atoms with Gasteiger partial charge in [0.15, 0.2) is 0 Å². The second-order valence-corrected chi connectivity index (χ2v) is 4.62. The van der Waals surface area contributed by atoms with Gasteiger partial charge in [-0.1, -0.05) is 6.92 Å². The van der Waals surface area contributed by atoms with Crippen LogP contribution in [0.1, 0.15) is 31.7 Å². The van der Waals surface area contributed by atoms with E-state index in [0.717, 1.165) is 35.4 Å². The highest BCUT2D eigenvalue weighted by Gasteiger charge is 2.11. The number of hydrogen-bond acceptors (Lipinski definition) is 3. The molecule has 0 saturated heterocycles. The normalized spacial score (nSPS) is 11.1. The van der Waals surface area contributed by atoms with E-state index in [2.05, 4.69) is 34.9 Å². The Morgan fingerprint density at radius 1 is 1.18 bits per heavy atom. The van der Waals surface area contributed by atoms with Gasteiger partial charge in [-0.3, -0.25) is 4.68 Å². The van der Waals surface area contributed by atoms with Gasteiger partial charge in [0.25, 0.3) is 0 Å². The van der Waals surface area contributed by atoms with Crippen molar-refractivity contribution >= 4 is 15.9 Å². The molecule has 0 amide bonds. The molecule has 0 fully saturated rings. The average molecular weight is 305 g/mol. The van der Waals surface area contributed by atoms with Crippen molar-refractivity contribution in [3.05, 3.63) is 15.9 Å². The number of aromatic nitrogens is 2. The smallest absolute Gasteiger partial charge is 0.0897 e. The minimum Gasteiger partial charge on any atom is -0.379 e. The van der Waals surface area contributed by atoms with Gasteiger partial charge in [0.1, 0.15) is 0 Å². The monoisotopic (exact) mass is 304 g/mol. The Hall–Kier alpha value is -0.390. The molecular weight excluding hydrogens is 284 g/mol. The van der Waals surface area contributed by atoms with Crippen LogP contribution in [0.4, 0.5) is 0 Å². The van der Waals surface area contributed by atoms with E-state index in [9.17, 15) is 0 Å². The first-order valence-electron chi connectivity index (χ1n) is 6.07. The Morgan fingerprint density at radius 3 is 2.53 bits per heavy atom. The molecule has 0 unspecified atom stereocenters. The maximum atomic E-state index is 5.59. The fourth-order valence-corrected chi connectivity index (χ4v) is 1.94. The van der Waals surface area contributed by atoms with E-state index in [1.807, 2.05) is 11.6 Å². The lowest BCUT2D eigenvalue weighted by molar-refractivity contribution is 0.0383. The van der Waals surface area contributed by atoms with Gasteiger partial charge in [-0.25, -0.2) is 0 Å². The zero-order valence-electron chi connectivity index (χ0n) is 10.8. The van der Waals surface area contributed by atoms with Crippen LogP contribution < -0.4 is 0 Å². The Kier molecular flexibility index (Phi) is 6.77. The molecule has 0 aliphatic rings. The lowest BCUT2D eigenvalue weighted by Crippen LogP contribution is -2.08. The van der Waals surface area contributed by atoms with Crippen molar-refractivity contribution in [2.75, 3.05) is 19.8 Å². The quantitative estimate of drug-likeness (QED) is 0.693. The van der Waals surface area contributed by atoms with Gasteiger partial charge in [0.2, 0.25) is 0 Å². The van der Waals surface area contributed by atoms with Gasteiger partial charge >= 0.3 is 0 Å². The Morgan fingerprint density at radius 2 is 1.88 bits per heavy atom. The van der Waals surface area contributed by atoms with Crippen LogP contribution in [0.15, 0.2) is 4.47 Å². The van der Waals surface area contributed by atoms with Crippen LogP contribution in [0, 0.1) is 6.92 Å². The zero-order chi connectivity index (χ0) is 12.7. The van der Waals surface area contributed by atoms with Crippen molar-refractivity contribution < 1.29 is 9.47 Å². The number of aryl methyl sites for hydroxylation is 2. The predicted molar refractivity (Wildman–Crippen MR) is 71.1 cm³/mol. The van der Waals surface area contributed by atoms with E-state index in [4.69, 9.17) is 9.47 Å². The summed E-state index contributed by atoms with van der Waals surface area (Å²) in [5.41, 5.74) is 2.10. The summed E-state index contributed by atoms with van der Waals surface area (Å²) in [5, 5.41) is 4.42. The summed E-state index contributed by atoms with van der Waals surface area (Å²) in [6.07, 6.45) is 1.05. The molecule has 0 aliphatic heterocycles. The van der Waals surface area contributed by atoms with Crippen LogP contribution >= 0.6 is 15.9 Å². The molecule has 1 heterocycles. The molecule has 98 valence electrons. The minimum atomic E-state index is 0.574. The minimum absolute atomic E-state index is 0.574. The van der Waals surface area contributed by atoms with E-state index in [0.29, 0.717) is 19.8 Å². The number of nitrogens with zero attached hydrogens (tertiary/aromatic N) is 2. The molecule has 0 radical (unpaired) electrons. The summed E-state index contributed by atoms with van der Waals surface area (Å²) in [6, 6.07) is 0. The van der Waals surface area contributed by atoms with Gasteiger partial charge in [-0.2, -0.15) is 5.10 Å². The van der Waals surface area contributed by atoms with Crippen LogP contribution in [0.2, 0.25) is 0 Å². The van der Waals surface area contributed by atoms with E-state index >= 15 is 0 Å². The first-order chi connectivity index (χ1) is 8.20. The highest BCUT2D eigenvalue weighted by atomic mass is 79.9. The van der Waals surface area contributed by atoms with Gasteiger partial charge in [-0.05, 0) is 36.2 Å². The number of ether oxygens (including phenoxy) is 2. The maximum absolute atomic E-state index is 5.59. The third kappa shape index (κ3) is 4.41. The van der Waals surface area contributed by atoms with E-state index in [-0.39, 0.29) is 0 Å². The molecule has 0 atom stereocenters. The summed E-state index contributed by atoms with van der Waals surface area (Å²) in [6.45, 7) is 9.68. The maximum Gasteiger partial charge on any atom is 0.0897 e. The Bertz CT molecular complexity index is 339. The molecule has 0 bridgehead atoms. The molecule has 1 rings (SSSR count). The van der Waals surface area contributed by atoms with Crippen LogP contribution in [-0.4, -0.2) is 29.6 Å². The van der Waals surface area contributed by atoms with E-state index in [1.54, 1.807) is 0 Å². The highest BCUT2D eigenvalue weighted by molar-refractivity contribution is 9.10. The van der Waals surface area contributed by atoms with Gasteiger partial charge in [0.05, 0.1) is 35.7 Å². The Labute approximate surface area is 111 Å². The van der Waals surface area contributed by atoms with E-state index in [1.165, 1.54) is 0 Å². The molecule has 1 aromatic rings. The molecule has 0 saturated carbocycles. The fourth-order valence-electron chi connectivity index (χ4n) is 1.54. The summed E-state index contributed by atoms with van der Waals surface area (Å²) in [7, 11) is 0. The number of rotatable bonds is 8. The first-order valence-corrected chi connectivity index (χ1v) is 6.87.